The number of carbonyl (C=O) groups excluding carboxylic acids is 1. The Labute approximate surface area is 139 Å². The number of hydrogen-bond donors (Lipinski definition) is 1. The number of aryl methyl sites for hydroxylation is 1. The van der Waals surface area contributed by atoms with Crippen LogP contribution in [0.4, 0.5) is 0 Å². The van der Waals surface area contributed by atoms with E-state index >= 15 is 0 Å². The Morgan fingerprint density at radius 2 is 1.88 bits per heavy atom. The minimum absolute atomic E-state index is 0.0461. The number of carbonyl (C=O) groups is 2. The summed E-state index contributed by atoms with van der Waals surface area (Å²) in [5.74, 6) is -0.381. The van der Waals surface area contributed by atoms with Gasteiger partial charge in [-0.05, 0) is 44.5 Å². The third-order valence-corrected chi connectivity index (χ3v) is 4.23. The fourth-order valence-corrected chi connectivity index (χ4v) is 2.83. The van der Waals surface area contributed by atoms with Crippen molar-refractivity contribution in [3.63, 3.8) is 0 Å². The summed E-state index contributed by atoms with van der Waals surface area (Å²) in [5, 5.41) is 9.49. The molecule has 2 aromatic carbocycles. The molecule has 1 aromatic heterocycles. The number of rotatable bonds is 4. The highest BCUT2D eigenvalue weighted by atomic mass is 16.4. The van der Waals surface area contributed by atoms with Crippen molar-refractivity contribution in [3.05, 3.63) is 53.6 Å². The smallest absolute Gasteiger partial charge is 0.326 e. The summed E-state index contributed by atoms with van der Waals surface area (Å²) in [7, 11) is 0. The van der Waals surface area contributed by atoms with Crippen LogP contribution >= 0.6 is 0 Å². The highest BCUT2D eigenvalue weighted by Gasteiger charge is 2.23. The van der Waals surface area contributed by atoms with E-state index in [2.05, 4.69) is 4.98 Å². The minimum atomic E-state index is -0.931. The van der Waals surface area contributed by atoms with Crippen LogP contribution in [0.5, 0.6) is 0 Å². The van der Waals surface area contributed by atoms with Crippen LogP contribution in [0.3, 0.4) is 0 Å². The van der Waals surface area contributed by atoms with E-state index in [1.165, 1.54) is 6.92 Å². The zero-order valence-corrected chi connectivity index (χ0v) is 13.8. The number of aromatic nitrogens is 2. The number of benzene rings is 2. The van der Waals surface area contributed by atoms with Crippen LogP contribution in [0.2, 0.25) is 0 Å². The topological polar surface area (TPSA) is 72.2 Å². The van der Waals surface area contributed by atoms with E-state index < -0.39 is 12.0 Å². The fourth-order valence-electron chi connectivity index (χ4n) is 2.83. The molecule has 122 valence electrons. The summed E-state index contributed by atoms with van der Waals surface area (Å²) >= 11 is 0. The van der Waals surface area contributed by atoms with Crippen molar-refractivity contribution >= 4 is 22.8 Å². The van der Waals surface area contributed by atoms with Gasteiger partial charge < -0.3 is 9.67 Å². The molecular formula is C19H18N2O3. The van der Waals surface area contributed by atoms with Gasteiger partial charge in [-0.2, -0.15) is 0 Å². The van der Waals surface area contributed by atoms with Crippen LogP contribution in [-0.2, 0) is 4.79 Å². The lowest BCUT2D eigenvalue weighted by molar-refractivity contribution is -0.140. The molecule has 1 atom stereocenters. The first-order valence-corrected chi connectivity index (χ1v) is 7.72. The van der Waals surface area contributed by atoms with Crippen molar-refractivity contribution in [2.45, 2.75) is 26.8 Å². The number of nitrogens with zero attached hydrogens (tertiary/aromatic N) is 2. The maximum atomic E-state index is 11.6. The summed E-state index contributed by atoms with van der Waals surface area (Å²) in [6, 6.07) is 12.1. The molecule has 24 heavy (non-hydrogen) atoms. The van der Waals surface area contributed by atoms with Crippen molar-refractivity contribution in [2.24, 2.45) is 0 Å². The summed E-state index contributed by atoms with van der Waals surface area (Å²) in [6.45, 7) is 5.09. The third-order valence-electron chi connectivity index (χ3n) is 4.23. The number of fused-ring (bicyclic) bond motifs is 1. The van der Waals surface area contributed by atoms with Gasteiger partial charge in [-0.3, -0.25) is 4.79 Å². The SMILES string of the molecule is CC(=O)c1ccc2c(c1)nc(-c1ccccc1C)n2C(C)C(=O)O. The second kappa shape index (κ2) is 5.92. The molecule has 0 radical (unpaired) electrons. The van der Waals surface area contributed by atoms with Gasteiger partial charge in [0.2, 0.25) is 0 Å². The van der Waals surface area contributed by atoms with Crippen LogP contribution in [-0.4, -0.2) is 26.4 Å². The van der Waals surface area contributed by atoms with Gasteiger partial charge in [0.1, 0.15) is 11.9 Å². The van der Waals surface area contributed by atoms with E-state index in [0.717, 1.165) is 11.1 Å². The number of hydrogen-bond acceptors (Lipinski definition) is 3. The van der Waals surface area contributed by atoms with Gasteiger partial charge >= 0.3 is 5.97 Å². The van der Waals surface area contributed by atoms with Crippen LogP contribution in [0.15, 0.2) is 42.5 Å². The lowest BCUT2D eigenvalue weighted by atomic mass is 10.1. The first-order valence-electron chi connectivity index (χ1n) is 7.72. The molecule has 5 heteroatoms. The lowest BCUT2D eigenvalue weighted by Crippen LogP contribution is -2.16. The highest BCUT2D eigenvalue weighted by Crippen LogP contribution is 2.31. The average Bonchev–Trinajstić information content (AvgIpc) is 2.92. The van der Waals surface area contributed by atoms with Crippen LogP contribution < -0.4 is 0 Å². The van der Waals surface area contributed by atoms with E-state index in [9.17, 15) is 14.7 Å². The summed E-state index contributed by atoms with van der Waals surface area (Å²) in [4.78, 5) is 27.8. The second-order valence-corrected chi connectivity index (χ2v) is 5.89. The van der Waals surface area contributed by atoms with Gasteiger partial charge in [0.25, 0.3) is 0 Å². The molecular weight excluding hydrogens is 304 g/mol. The Morgan fingerprint density at radius 1 is 1.17 bits per heavy atom. The van der Waals surface area contributed by atoms with E-state index in [4.69, 9.17) is 0 Å². The maximum Gasteiger partial charge on any atom is 0.326 e. The highest BCUT2D eigenvalue weighted by molar-refractivity contribution is 5.98. The summed E-state index contributed by atoms with van der Waals surface area (Å²) < 4.78 is 1.71. The molecule has 0 fully saturated rings. The maximum absolute atomic E-state index is 11.6. The summed E-state index contributed by atoms with van der Waals surface area (Å²) in [6.07, 6.45) is 0. The number of aliphatic carboxylic acids is 1. The minimum Gasteiger partial charge on any atom is -0.480 e. The van der Waals surface area contributed by atoms with Crippen molar-refractivity contribution < 1.29 is 14.7 Å². The van der Waals surface area contributed by atoms with E-state index in [1.807, 2.05) is 31.2 Å². The number of carboxylic acids is 1. The largest absolute Gasteiger partial charge is 0.480 e. The molecule has 0 spiro atoms. The Morgan fingerprint density at radius 3 is 2.50 bits per heavy atom. The van der Waals surface area contributed by atoms with Crippen molar-refractivity contribution in [1.82, 2.24) is 9.55 Å². The number of carboxylic acid groups (broad SMARTS) is 1. The lowest BCUT2D eigenvalue weighted by Gasteiger charge is -2.15. The van der Waals surface area contributed by atoms with Crippen LogP contribution in [0, 0.1) is 6.92 Å². The van der Waals surface area contributed by atoms with E-state index in [0.29, 0.717) is 22.4 Å². The number of Topliss-reactive ketones (excluding diaryl/α,β-unsaturated/α-hetero) is 1. The molecule has 0 bridgehead atoms. The molecule has 0 aliphatic rings. The first kappa shape index (κ1) is 15.9. The normalized spacial score (nSPS) is 12.3. The zero-order valence-electron chi connectivity index (χ0n) is 13.8. The van der Waals surface area contributed by atoms with Gasteiger partial charge in [-0.25, -0.2) is 9.78 Å². The van der Waals surface area contributed by atoms with Gasteiger partial charge in [0.15, 0.2) is 5.78 Å². The molecule has 3 aromatic rings. The van der Waals surface area contributed by atoms with Crippen molar-refractivity contribution in [2.75, 3.05) is 0 Å². The monoisotopic (exact) mass is 322 g/mol. The first-order chi connectivity index (χ1) is 11.4. The van der Waals surface area contributed by atoms with Gasteiger partial charge in [-0.15, -0.1) is 0 Å². The zero-order chi connectivity index (χ0) is 17.4. The van der Waals surface area contributed by atoms with Gasteiger partial charge in [0.05, 0.1) is 11.0 Å². The van der Waals surface area contributed by atoms with Crippen LogP contribution in [0.1, 0.15) is 35.8 Å². The molecule has 1 unspecified atom stereocenters. The molecule has 0 amide bonds. The van der Waals surface area contributed by atoms with Crippen molar-refractivity contribution in [3.8, 4) is 11.4 Å². The van der Waals surface area contributed by atoms with Gasteiger partial charge in [0, 0.05) is 11.1 Å². The molecule has 0 saturated carbocycles. The fraction of sp³-hybridized carbons (Fsp3) is 0.211. The number of imidazole rings is 1. The van der Waals surface area contributed by atoms with Gasteiger partial charge in [-0.1, -0.05) is 24.3 Å². The predicted molar refractivity (Wildman–Crippen MR) is 92.3 cm³/mol. The number of ketones is 1. The average molecular weight is 322 g/mol. The third kappa shape index (κ3) is 2.58. The quantitative estimate of drug-likeness (QED) is 0.740. The molecule has 0 saturated heterocycles. The Hall–Kier alpha value is -2.95. The van der Waals surface area contributed by atoms with E-state index in [-0.39, 0.29) is 5.78 Å². The van der Waals surface area contributed by atoms with Crippen LogP contribution in [0.25, 0.3) is 22.4 Å². The Balaban J connectivity index is 2.34. The van der Waals surface area contributed by atoms with Crippen molar-refractivity contribution in [1.29, 1.82) is 0 Å². The molecule has 1 N–H and O–H groups in total. The molecule has 0 aliphatic heterocycles. The Bertz CT molecular complexity index is 956. The predicted octanol–water partition coefficient (Wildman–Crippen LogP) is 3.86. The molecule has 3 rings (SSSR count). The molecule has 0 aliphatic carbocycles. The summed E-state index contributed by atoms with van der Waals surface area (Å²) in [5.41, 5.74) is 3.78. The second-order valence-electron chi connectivity index (χ2n) is 5.89. The molecule has 5 nitrogen and oxygen atoms in total. The Kier molecular flexibility index (Phi) is 3.93. The van der Waals surface area contributed by atoms with E-state index in [1.54, 1.807) is 29.7 Å². The standard InChI is InChI=1S/C19H18N2O3/c1-11-6-4-5-7-15(11)18-20-16-10-14(13(3)22)8-9-17(16)21(18)12(2)19(23)24/h4-10,12H,1-3H3,(H,23,24). The molecule has 1 heterocycles.